The molecule has 20 heavy (non-hydrogen) atoms. The number of ether oxygens (including phenoxy) is 2. The molecule has 0 aliphatic rings. The Morgan fingerprint density at radius 1 is 0.600 bits per heavy atom. The predicted molar refractivity (Wildman–Crippen MR) is 81.9 cm³/mol. The molecule has 0 aliphatic carbocycles. The first-order chi connectivity index (χ1) is 9.85. The van der Waals surface area contributed by atoms with Crippen molar-refractivity contribution in [1.82, 2.24) is 0 Å². The van der Waals surface area contributed by atoms with Gasteiger partial charge < -0.3 is 23.0 Å². The highest BCUT2D eigenvalue weighted by Crippen LogP contribution is 2.38. The molecule has 5 nitrogen and oxygen atoms in total. The van der Waals surface area contributed by atoms with E-state index in [2.05, 4.69) is 13.8 Å². The Morgan fingerprint density at radius 2 is 1.10 bits per heavy atom. The van der Waals surface area contributed by atoms with E-state index < -0.39 is 8.60 Å². The van der Waals surface area contributed by atoms with Crippen molar-refractivity contribution in [3.8, 4) is 0 Å². The van der Waals surface area contributed by atoms with E-state index in [1.165, 1.54) is 0 Å². The molecule has 0 N–H and O–H groups in total. The van der Waals surface area contributed by atoms with Gasteiger partial charge >= 0.3 is 8.60 Å². The van der Waals surface area contributed by atoms with Crippen molar-refractivity contribution < 1.29 is 23.0 Å². The maximum atomic E-state index is 5.53. The first-order valence-electron chi connectivity index (χ1n) is 7.69. The second-order valence-electron chi connectivity index (χ2n) is 4.24. The second kappa shape index (κ2) is 17.3. The zero-order valence-electron chi connectivity index (χ0n) is 13.3. The van der Waals surface area contributed by atoms with Gasteiger partial charge in [-0.25, -0.2) is 0 Å². The summed E-state index contributed by atoms with van der Waals surface area (Å²) in [7, 11) is -1.27. The number of unbranched alkanes of at least 4 members (excludes halogenated alkanes) is 2. The summed E-state index contributed by atoms with van der Waals surface area (Å²) in [5.74, 6) is 0. The SMILES string of the molecule is CCCCOCCOP(OCC)OCCOCCCC. The Hall–Kier alpha value is 0.230. The van der Waals surface area contributed by atoms with Gasteiger partial charge in [0.2, 0.25) is 0 Å². The number of rotatable bonds is 16. The van der Waals surface area contributed by atoms with Crippen LogP contribution in [0.3, 0.4) is 0 Å². The minimum Gasteiger partial charge on any atom is -0.379 e. The van der Waals surface area contributed by atoms with Gasteiger partial charge in [-0.3, -0.25) is 0 Å². The fourth-order valence-electron chi connectivity index (χ4n) is 1.26. The molecule has 0 aromatic carbocycles. The summed E-state index contributed by atoms with van der Waals surface area (Å²) in [6.45, 7) is 10.6. The van der Waals surface area contributed by atoms with Crippen molar-refractivity contribution in [3.63, 3.8) is 0 Å². The predicted octanol–water partition coefficient (Wildman–Crippen LogP) is 3.92. The van der Waals surface area contributed by atoms with Crippen LogP contribution in [0.5, 0.6) is 0 Å². The quantitative estimate of drug-likeness (QED) is 0.319. The van der Waals surface area contributed by atoms with Gasteiger partial charge in [0.25, 0.3) is 0 Å². The first kappa shape index (κ1) is 20.2. The maximum absolute atomic E-state index is 5.53. The maximum Gasteiger partial charge on any atom is 0.332 e. The lowest BCUT2D eigenvalue weighted by Crippen LogP contribution is -2.07. The summed E-state index contributed by atoms with van der Waals surface area (Å²) < 4.78 is 27.3. The molecule has 0 amide bonds. The highest BCUT2D eigenvalue weighted by atomic mass is 31.2. The van der Waals surface area contributed by atoms with Crippen molar-refractivity contribution in [2.24, 2.45) is 0 Å². The van der Waals surface area contributed by atoms with E-state index in [0.29, 0.717) is 33.0 Å². The molecule has 0 spiro atoms. The molecule has 0 saturated carbocycles. The van der Waals surface area contributed by atoms with Gasteiger partial charge in [-0.1, -0.05) is 26.7 Å². The topological polar surface area (TPSA) is 46.2 Å². The van der Waals surface area contributed by atoms with Crippen LogP contribution >= 0.6 is 8.60 Å². The normalized spacial score (nSPS) is 11.4. The highest BCUT2D eigenvalue weighted by molar-refractivity contribution is 7.41. The number of hydrogen-bond acceptors (Lipinski definition) is 5. The molecule has 0 fully saturated rings. The van der Waals surface area contributed by atoms with Gasteiger partial charge in [0.1, 0.15) is 0 Å². The third-order valence-corrected chi connectivity index (χ3v) is 3.62. The van der Waals surface area contributed by atoms with Crippen LogP contribution in [0.25, 0.3) is 0 Å². The molecule has 0 unspecified atom stereocenters. The van der Waals surface area contributed by atoms with Crippen LogP contribution in [0, 0.1) is 0 Å². The zero-order chi connectivity index (χ0) is 14.9. The van der Waals surface area contributed by atoms with E-state index in [9.17, 15) is 0 Å². The Balaban J connectivity index is 3.45. The average Bonchev–Trinajstić information content (AvgIpc) is 2.46. The smallest absolute Gasteiger partial charge is 0.332 e. The lowest BCUT2D eigenvalue weighted by atomic mass is 10.4. The summed E-state index contributed by atoms with van der Waals surface area (Å²) in [4.78, 5) is 0. The van der Waals surface area contributed by atoms with Crippen molar-refractivity contribution >= 4 is 8.60 Å². The molecule has 0 aliphatic heterocycles. The standard InChI is InChI=1S/C14H31O5P/c1-4-7-9-15-11-13-18-20(17-6-3)19-14-12-16-10-8-5-2/h4-14H2,1-3H3. The number of hydrogen-bond donors (Lipinski definition) is 0. The van der Waals surface area contributed by atoms with Gasteiger partial charge in [0.05, 0.1) is 33.0 Å². The summed E-state index contributed by atoms with van der Waals surface area (Å²) in [5, 5.41) is 0. The van der Waals surface area contributed by atoms with Crippen molar-refractivity contribution in [3.05, 3.63) is 0 Å². The van der Waals surface area contributed by atoms with Crippen LogP contribution in [0.2, 0.25) is 0 Å². The first-order valence-corrected chi connectivity index (χ1v) is 8.79. The van der Waals surface area contributed by atoms with Crippen LogP contribution in [0.4, 0.5) is 0 Å². The van der Waals surface area contributed by atoms with Gasteiger partial charge in [-0.15, -0.1) is 0 Å². The highest BCUT2D eigenvalue weighted by Gasteiger charge is 2.11. The average molecular weight is 310 g/mol. The van der Waals surface area contributed by atoms with Crippen molar-refractivity contribution in [2.45, 2.75) is 46.5 Å². The van der Waals surface area contributed by atoms with E-state index in [1.807, 2.05) is 6.92 Å². The fraction of sp³-hybridized carbons (Fsp3) is 1.00. The summed E-state index contributed by atoms with van der Waals surface area (Å²) in [5.41, 5.74) is 0. The third-order valence-electron chi connectivity index (χ3n) is 2.37. The minimum atomic E-state index is -1.27. The Labute approximate surface area is 125 Å². The fourth-order valence-corrected chi connectivity index (χ4v) is 2.14. The molecule has 0 saturated heterocycles. The van der Waals surface area contributed by atoms with Crippen LogP contribution in [-0.2, 0) is 23.0 Å². The molecule has 0 bridgehead atoms. The monoisotopic (exact) mass is 310 g/mol. The van der Waals surface area contributed by atoms with E-state index in [-0.39, 0.29) is 0 Å². The van der Waals surface area contributed by atoms with Crippen LogP contribution in [-0.4, -0.2) is 46.2 Å². The zero-order valence-corrected chi connectivity index (χ0v) is 14.2. The lowest BCUT2D eigenvalue weighted by molar-refractivity contribution is 0.0651. The van der Waals surface area contributed by atoms with Gasteiger partial charge in [-0.05, 0) is 19.8 Å². The Bertz CT molecular complexity index is 167. The van der Waals surface area contributed by atoms with Crippen molar-refractivity contribution in [2.75, 3.05) is 46.2 Å². The molecule has 6 heteroatoms. The Morgan fingerprint density at radius 3 is 1.50 bits per heavy atom. The lowest BCUT2D eigenvalue weighted by Gasteiger charge is -2.16. The van der Waals surface area contributed by atoms with Gasteiger partial charge in [-0.2, -0.15) is 0 Å². The molecule has 0 heterocycles. The molecule has 0 rings (SSSR count). The molecular weight excluding hydrogens is 279 g/mol. The molecule has 0 aromatic rings. The van der Waals surface area contributed by atoms with Gasteiger partial charge in [0.15, 0.2) is 0 Å². The van der Waals surface area contributed by atoms with E-state index in [4.69, 9.17) is 23.0 Å². The molecule has 122 valence electrons. The van der Waals surface area contributed by atoms with E-state index >= 15 is 0 Å². The molecule has 0 atom stereocenters. The molecule has 0 aromatic heterocycles. The third kappa shape index (κ3) is 14.6. The van der Waals surface area contributed by atoms with Crippen LogP contribution in [0.1, 0.15) is 46.5 Å². The van der Waals surface area contributed by atoms with Crippen LogP contribution in [0.15, 0.2) is 0 Å². The van der Waals surface area contributed by atoms with E-state index in [1.54, 1.807) is 0 Å². The summed E-state index contributed by atoms with van der Waals surface area (Å²) in [6.07, 6.45) is 4.47. The van der Waals surface area contributed by atoms with Crippen LogP contribution < -0.4 is 0 Å². The Kier molecular flexibility index (Phi) is 17.5. The van der Waals surface area contributed by atoms with Crippen molar-refractivity contribution in [1.29, 1.82) is 0 Å². The summed E-state index contributed by atoms with van der Waals surface area (Å²) >= 11 is 0. The molecular formula is C14H31O5P. The minimum absolute atomic E-state index is 0.506. The van der Waals surface area contributed by atoms with Gasteiger partial charge in [0, 0.05) is 13.2 Å². The molecule has 0 radical (unpaired) electrons. The van der Waals surface area contributed by atoms with E-state index in [0.717, 1.165) is 38.9 Å². The largest absolute Gasteiger partial charge is 0.379 e. The second-order valence-corrected chi connectivity index (χ2v) is 5.46. The summed E-state index contributed by atoms with van der Waals surface area (Å²) in [6, 6.07) is 0.